The monoisotopic (exact) mass is 297 g/mol. The van der Waals surface area contributed by atoms with Crippen molar-refractivity contribution in [2.45, 2.75) is 0 Å². The number of carbonyl (C=O) groups is 2. The van der Waals surface area contributed by atoms with Gasteiger partial charge in [-0.25, -0.2) is 4.79 Å². The molecule has 0 saturated carbocycles. The Balaban J connectivity index is 2.13. The van der Waals surface area contributed by atoms with Crippen LogP contribution in [0.4, 0.5) is 5.69 Å². The van der Waals surface area contributed by atoms with Gasteiger partial charge in [0.1, 0.15) is 5.75 Å². The van der Waals surface area contributed by atoms with Gasteiger partial charge < -0.3 is 4.74 Å². The highest BCUT2D eigenvalue weighted by Gasteiger charge is 2.13. The van der Waals surface area contributed by atoms with Gasteiger partial charge in [-0.3, -0.25) is 14.9 Å². The topological polar surface area (TPSA) is 86.5 Å². The Morgan fingerprint density at radius 3 is 2.50 bits per heavy atom. The summed E-state index contributed by atoms with van der Waals surface area (Å²) in [4.78, 5) is 32.6. The molecule has 0 bridgehead atoms. The number of nitro groups is 1. The number of hydrogen-bond donors (Lipinski definition) is 0. The van der Waals surface area contributed by atoms with E-state index in [2.05, 4.69) is 0 Å². The largest absolute Gasteiger partial charge is 0.423 e. The second-order valence-corrected chi connectivity index (χ2v) is 4.26. The molecule has 0 unspecified atom stereocenters. The zero-order valence-electron chi connectivity index (χ0n) is 11.3. The van der Waals surface area contributed by atoms with E-state index in [1.807, 2.05) is 30.3 Å². The van der Waals surface area contributed by atoms with Gasteiger partial charge in [-0.05, 0) is 17.7 Å². The lowest BCUT2D eigenvalue weighted by atomic mass is 10.2. The van der Waals surface area contributed by atoms with Crippen LogP contribution in [0.1, 0.15) is 15.9 Å². The number of carbonyl (C=O) groups excluding carboxylic acids is 2. The third kappa shape index (κ3) is 3.86. The summed E-state index contributed by atoms with van der Waals surface area (Å²) in [5.74, 6) is -0.705. The predicted molar refractivity (Wildman–Crippen MR) is 79.6 cm³/mol. The average molecular weight is 297 g/mol. The summed E-state index contributed by atoms with van der Waals surface area (Å²) < 4.78 is 5.01. The lowest BCUT2D eigenvalue weighted by molar-refractivity contribution is -0.384. The van der Waals surface area contributed by atoms with Crippen molar-refractivity contribution in [2.75, 3.05) is 0 Å². The molecule has 2 aromatic rings. The third-order valence-electron chi connectivity index (χ3n) is 2.75. The Bertz CT molecular complexity index is 737. The number of aldehydes is 1. The maximum Gasteiger partial charge on any atom is 0.336 e. The molecule has 2 aromatic carbocycles. The minimum Gasteiger partial charge on any atom is -0.423 e. The van der Waals surface area contributed by atoms with Gasteiger partial charge in [0.05, 0.1) is 10.5 Å². The minimum atomic E-state index is -0.680. The van der Waals surface area contributed by atoms with Crippen molar-refractivity contribution in [3.63, 3.8) is 0 Å². The van der Waals surface area contributed by atoms with Gasteiger partial charge in [-0.2, -0.15) is 0 Å². The zero-order valence-corrected chi connectivity index (χ0v) is 11.3. The molecule has 6 heteroatoms. The summed E-state index contributed by atoms with van der Waals surface area (Å²) in [7, 11) is 0. The van der Waals surface area contributed by atoms with Crippen LogP contribution in [0.3, 0.4) is 0 Å². The summed E-state index contributed by atoms with van der Waals surface area (Å²) >= 11 is 0. The van der Waals surface area contributed by atoms with Gasteiger partial charge in [-0.1, -0.05) is 30.3 Å². The third-order valence-corrected chi connectivity index (χ3v) is 2.75. The van der Waals surface area contributed by atoms with Crippen molar-refractivity contribution < 1.29 is 19.2 Å². The molecule has 0 aliphatic rings. The van der Waals surface area contributed by atoms with E-state index in [-0.39, 0.29) is 17.0 Å². The van der Waals surface area contributed by atoms with E-state index in [1.54, 1.807) is 6.08 Å². The van der Waals surface area contributed by atoms with Crippen molar-refractivity contribution in [3.8, 4) is 5.75 Å². The molecule has 110 valence electrons. The van der Waals surface area contributed by atoms with Gasteiger partial charge in [-0.15, -0.1) is 0 Å². The molecule has 0 atom stereocenters. The van der Waals surface area contributed by atoms with Gasteiger partial charge in [0.25, 0.3) is 5.69 Å². The standard InChI is InChI=1S/C16H11NO5/c18-11-13-10-14(17(20)21)7-8-15(13)22-16(19)9-6-12-4-2-1-3-5-12/h1-11H. The number of nitrogens with zero attached hydrogens (tertiary/aromatic N) is 1. The molecule has 0 amide bonds. The van der Waals surface area contributed by atoms with Crippen molar-refractivity contribution >= 4 is 24.0 Å². The molecule has 22 heavy (non-hydrogen) atoms. The summed E-state index contributed by atoms with van der Waals surface area (Å²) in [5, 5.41) is 10.6. The highest BCUT2D eigenvalue weighted by Crippen LogP contribution is 2.23. The molecule has 0 fully saturated rings. The number of ether oxygens (including phenoxy) is 1. The fourth-order valence-corrected chi connectivity index (χ4v) is 1.71. The Morgan fingerprint density at radius 2 is 1.86 bits per heavy atom. The first-order valence-electron chi connectivity index (χ1n) is 6.28. The molecule has 0 aromatic heterocycles. The molecule has 0 aliphatic carbocycles. The van der Waals surface area contributed by atoms with Gasteiger partial charge in [0.2, 0.25) is 0 Å². The first kappa shape index (κ1) is 15.1. The predicted octanol–water partition coefficient (Wildman–Crippen LogP) is 3.03. The summed E-state index contributed by atoms with van der Waals surface area (Å²) in [6.45, 7) is 0. The Morgan fingerprint density at radius 1 is 1.14 bits per heavy atom. The van der Waals surface area contributed by atoms with Crippen LogP contribution >= 0.6 is 0 Å². The number of benzene rings is 2. The molecule has 0 aliphatic heterocycles. The van der Waals surface area contributed by atoms with E-state index >= 15 is 0 Å². The molecule has 0 saturated heterocycles. The fourth-order valence-electron chi connectivity index (χ4n) is 1.71. The second kappa shape index (κ2) is 6.94. The summed E-state index contributed by atoms with van der Waals surface area (Å²) in [6, 6.07) is 12.6. The van der Waals surface area contributed by atoms with Gasteiger partial charge in [0, 0.05) is 18.2 Å². The van der Waals surface area contributed by atoms with Crippen molar-refractivity contribution in [2.24, 2.45) is 0 Å². The number of rotatable bonds is 5. The quantitative estimate of drug-likeness (QED) is 0.211. The van der Waals surface area contributed by atoms with Crippen LogP contribution in [0.25, 0.3) is 6.08 Å². The number of non-ortho nitro benzene ring substituents is 1. The summed E-state index contributed by atoms with van der Waals surface area (Å²) in [5.41, 5.74) is 0.510. The highest BCUT2D eigenvalue weighted by atomic mass is 16.6. The van der Waals surface area contributed by atoms with Crippen LogP contribution in [-0.4, -0.2) is 17.2 Å². The van der Waals surface area contributed by atoms with Crippen LogP contribution in [0, 0.1) is 10.1 Å². The molecule has 6 nitrogen and oxygen atoms in total. The smallest absolute Gasteiger partial charge is 0.336 e. The molecule has 0 radical (unpaired) electrons. The van der Waals surface area contributed by atoms with Crippen LogP contribution < -0.4 is 4.74 Å². The van der Waals surface area contributed by atoms with E-state index < -0.39 is 10.9 Å². The van der Waals surface area contributed by atoms with Crippen molar-refractivity contribution in [1.82, 2.24) is 0 Å². The first-order chi connectivity index (χ1) is 10.6. The number of nitro benzene ring substituents is 1. The van der Waals surface area contributed by atoms with Crippen LogP contribution in [0.15, 0.2) is 54.6 Å². The zero-order chi connectivity index (χ0) is 15.9. The summed E-state index contributed by atoms with van der Waals surface area (Å²) in [6.07, 6.45) is 3.18. The minimum absolute atomic E-state index is 0.0247. The molecular formula is C16H11NO5. The normalized spacial score (nSPS) is 10.4. The Labute approximate surface area is 125 Å². The molecular weight excluding hydrogens is 286 g/mol. The molecule has 2 rings (SSSR count). The molecule has 0 heterocycles. The lowest BCUT2D eigenvalue weighted by Crippen LogP contribution is -2.06. The number of hydrogen-bond acceptors (Lipinski definition) is 5. The van der Waals surface area contributed by atoms with Crippen LogP contribution in [-0.2, 0) is 4.79 Å². The first-order valence-corrected chi connectivity index (χ1v) is 6.28. The van der Waals surface area contributed by atoms with E-state index in [4.69, 9.17) is 4.74 Å². The van der Waals surface area contributed by atoms with E-state index in [0.29, 0.717) is 6.29 Å². The van der Waals surface area contributed by atoms with Crippen LogP contribution in [0.5, 0.6) is 5.75 Å². The molecule has 0 spiro atoms. The molecule has 0 N–H and O–H groups in total. The number of esters is 1. The van der Waals surface area contributed by atoms with Crippen molar-refractivity contribution in [3.05, 3.63) is 75.8 Å². The van der Waals surface area contributed by atoms with E-state index in [0.717, 1.165) is 17.7 Å². The fraction of sp³-hybridized carbons (Fsp3) is 0. The Hall–Kier alpha value is -3.28. The average Bonchev–Trinajstić information content (AvgIpc) is 2.54. The van der Waals surface area contributed by atoms with Crippen LogP contribution in [0.2, 0.25) is 0 Å². The Kier molecular flexibility index (Phi) is 4.77. The second-order valence-electron chi connectivity index (χ2n) is 4.26. The van der Waals surface area contributed by atoms with Crippen molar-refractivity contribution in [1.29, 1.82) is 0 Å². The maximum atomic E-state index is 11.7. The lowest BCUT2D eigenvalue weighted by Gasteiger charge is -2.04. The SMILES string of the molecule is O=Cc1cc([N+](=O)[O-])ccc1OC(=O)C=Cc1ccccc1. The maximum absolute atomic E-state index is 11.7. The van der Waals surface area contributed by atoms with E-state index in [9.17, 15) is 19.7 Å². The van der Waals surface area contributed by atoms with E-state index in [1.165, 1.54) is 12.1 Å². The highest BCUT2D eigenvalue weighted by molar-refractivity contribution is 5.90. The van der Waals surface area contributed by atoms with Gasteiger partial charge >= 0.3 is 5.97 Å². The van der Waals surface area contributed by atoms with Gasteiger partial charge in [0.15, 0.2) is 6.29 Å².